The van der Waals surface area contributed by atoms with Crippen molar-refractivity contribution in [3.8, 4) is 5.75 Å². The highest BCUT2D eigenvalue weighted by atomic mass is 16.6. The lowest BCUT2D eigenvalue weighted by atomic mass is 10.1. The van der Waals surface area contributed by atoms with E-state index in [4.69, 9.17) is 9.47 Å². The Morgan fingerprint density at radius 2 is 1.95 bits per heavy atom. The van der Waals surface area contributed by atoms with Crippen LogP contribution in [0.15, 0.2) is 24.3 Å². The van der Waals surface area contributed by atoms with Crippen molar-refractivity contribution in [2.45, 2.75) is 65.4 Å². The molecule has 0 N–H and O–H groups in total. The Morgan fingerprint density at radius 3 is 2.62 bits per heavy atom. The molecule has 3 heteroatoms. The van der Waals surface area contributed by atoms with Gasteiger partial charge in [-0.05, 0) is 64.2 Å². The summed E-state index contributed by atoms with van der Waals surface area (Å²) >= 11 is 0. The van der Waals surface area contributed by atoms with Gasteiger partial charge in [-0.2, -0.15) is 0 Å². The summed E-state index contributed by atoms with van der Waals surface area (Å²) in [6, 6.07) is 8.20. The van der Waals surface area contributed by atoms with Gasteiger partial charge in [-0.15, -0.1) is 0 Å². The maximum absolute atomic E-state index is 11.6. The normalized spacial score (nSPS) is 11.2. The van der Waals surface area contributed by atoms with E-state index < -0.39 is 0 Å². The number of carbonyl (C=O) groups is 1. The van der Waals surface area contributed by atoms with Crippen molar-refractivity contribution in [2.24, 2.45) is 0 Å². The number of rotatable bonds is 8. The molecule has 0 heterocycles. The summed E-state index contributed by atoms with van der Waals surface area (Å²) in [7, 11) is 0. The summed E-state index contributed by atoms with van der Waals surface area (Å²) in [6.45, 7) is 8.54. The van der Waals surface area contributed by atoms with Crippen LogP contribution in [0.1, 0.15) is 58.9 Å². The molecule has 0 saturated carbocycles. The minimum absolute atomic E-state index is 0.109. The van der Waals surface area contributed by atoms with Crippen molar-refractivity contribution < 1.29 is 14.3 Å². The summed E-state index contributed by atoms with van der Waals surface area (Å²) in [5.74, 6) is 0.823. The fourth-order valence-corrected chi connectivity index (χ4v) is 2.00. The first kappa shape index (κ1) is 17.5. The average Bonchev–Trinajstić information content (AvgIpc) is 2.40. The van der Waals surface area contributed by atoms with Crippen LogP contribution in [0.3, 0.4) is 0 Å². The van der Waals surface area contributed by atoms with Crippen molar-refractivity contribution in [1.82, 2.24) is 0 Å². The van der Waals surface area contributed by atoms with Gasteiger partial charge < -0.3 is 9.47 Å². The second-order valence-corrected chi connectivity index (χ2v) is 6.29. The fourth-order valence-electron chi connectivity index (χ4n) is 2.00. The second kappa shape index (κ2) is 8.71. The van der Waals surface area contributed by atoms with Crippen molar-refractivity contribution in [1.29, 1.82) is 0 Å². The van der Waals surface area contributed by atoms with Crippen molar-refractivity contribution in [2.75, 3.05) is 6.61 Å². The topological polar surface area (TPSA) is 35.5 Å². The molecule has 0 amide bonds. The zero-order valence-electron chi connectivity index (χ0n) is 13.8. The maximum Gasteiger partial charge on any atom is 0.306 e. The van der Waals surface area contributed by atoms with E-state index >= 15 is 0 Å². The number of unbranched alkanes of at least 4 members (excludes halogenated alkanes) is 1. The first-order valence-electron chi connectivity index (χ1n) is 7.84. The van der Waals surface area contributed by atoms with Gasteiger partial charge in [0.1, 0.15) is 11.4 Å². The molecule has 3 nitrogen and oxygen atoms in total. The summed E-state index contributed by atoms with van der Waals surface area (Å²) in [4.78, 5) is 11.6. The molecular weight excluding hydrogens is 264 g/mol. The minimum Gasteiger partial charge on any atom is -0.494 e. The third-order valence-corrected chi connectivity index (χ3v) is 2.89. The zero-order chi connectivity index (χ0) is 15.7. The monoisotopic (exact) mass is 292 g/mol. The van der Waals surface area contributed by atoms with Gasteiger partial charge in [0.05, 0.1) is 6.61 Å². The largest absolute Gasteiger partial charge is 0.494 e. The van der Waals surface area contributed by atoms with Crippen LogP contribution >= 0.6 is 0 Å². The lowest BCUT2D eigenvalue weighted by Crippen LogP contribution is -2.23. The zero-order valence-corrected chi connectivity index (χ0v) is 13.8. The third-order valence-electron chi connectivity index (χ3n) is 2.89. The molecule has 0 aliphatic carbocycles. The molecule has 1 aromatic rings. The molecule has 0 unspecified atom stereocenters. The highest BCUT2D eigenvalue weighted by Gasteiger charge is 2.15. The van der Waals surface area contributed by atoms with Gasteiger partial charge in [-0.3, -0.25) is 4.79 Å². The quantitative estimate of drug-likeness (QED) is 0.521. The second-order valence-electron chi connectivity index (χ2n) is 6.29. The average molecular weight is 292 g/mol. The predicted molar refractivity (Wildman–Crippen MR) is 85.6 cm³/mol. The Bertz CT molecular complexity index is 432. The van der Waals surface area contributed by atoms with Crippen LogP contribution in [-0.4, -0.2) is 18.2 Å². The van der Waals surface area contributed by atoms with Crippen LogP contribution in [0.4, 0.5) is 0 Å². The Hall–Kier alpha value is -1.51. The summed E-state index contributed by atoms with van der Waals surface area (Å²) < 4.78 is 10.9. The third kappa shape index (κ3) is 8.38. The molecule has 0 aliphatic rings. The number of hydrogen-bond donors (Lipinski definition) is 0. The van der Waals surface area contributed by atoms with Crippen LogP contribution in [0.2, 0.25) is 0 Å². The first-order valence-corrected chi connectivity index (χ1v) is 7.84. The van der Waals surface area contributed by atoms with Gasteiger partial charge in [0.25, 0.3) is 0 Å². The molecule has 0 saturated heterocycles. The Balaban J connectivity index is 2.28. The van der Waals surface area contributed by atoms with Crippen molar-refractivity contribution >= 4 is 5.97 Å². The fraction of sp³-hybridized carbons (Fsp3) is 0.611. The molecule has 118 valence electrons. The van der Waals surface area contributed by atoms with Crippen LogP contribution in [-0.2, 0) is 16.0 Å². The van der Waals surface area contributed by atoms with Crippen LogP contribution < -0.4 is 4.74 Å². The predicted octanol–water partition coefficient (Wildman–Crippen LogP) is 4.53. The van der Waals surface area contributed by atoms with Gasteiger partial charge >= 0.3 is 5.97 Å². The van der Waals surface area contributed by atoms with E-state index in [1.165, 1.54) is 5.56 Å². The molecule has 0 aliphatic heterocycles. The summed E-state index contributed by atoms with van der Waals surface area (Å²) in [6.07, 6.45) is 4.31. The van der Waals surface area contributed by atoms with Gasteiger partial charge in [0.15, 0.2) is 0 Å². The molecule has 1 rings (SSSR count). The van der Waals surface area contributed by atoms with Crippen molar-refractivity contribution in [3.05, 3.63) is 29.8 Å². The van der Waals surface area contributed by atoms with Crippen LogP contribution in [0, 0.1) is 0 Å². The molecule has 0 atom stereocenters. The van der Waals surface area contributed by atoms with Crippen LogP contribution in [0.25, 0.3) is 0 Å². The lowest BCUT2D eigenvalue weighted by molar-refractivity contribution is -0.154. The van der Waals surface area contributed by atoms with E-state index in [2.05, 4.69) is 19.1 Å². The first-order chi connectivity index (χ1) is 9.90. The molecule has 0 radical (unpaired) electrons. The highest BCUT2D eigenvalue weighted by Crippen LogP contribution is 2.16. The Labute approximate surface area is 128 Å². The molecule has 0 aromatic heterocycles. The minimum atomic E-state index is -0.387. The smallest absolute Gasteiger partial charge is 0.306 e. The van der Waals surface area contributed by atoms with E-state index in [1.807, 2.05) is 32.9 Å². The van der Waals surface area contributed by atoms with Gasteiger partial charge in [-0.1, -0.05) is 19.1 Å². The number of carbonyl (C=O) groups excluding carboxylic acids is 1. The van der Waals surface area contributed by atoms with Gasteiger partial charge in [0, 0.05) is 6.42 Å². The van der Waals surface area contributed by atoms with E-state index in [9.17, 15) is 4.79 Å². The van der Waals surface area contributed by atoms with Gasteiger partial charge in [0.2, 0.25) is 0 Å². The maximum atomic E-state index is 11.6. The van der Waals surface area contributed by atoms with E-state index in [0.717, 1.165) is 38.0 Å². The number of esters is 1. The standard InChI is InChI=1S/C18H28O3/c1-5-13-20-16-11-8-10-15(14-16)9-6-7-12-17(19)21-18(2,3)4/h8,10-11,14H,5-7,9,12-13H2,1-4H3. The Kier molecular flexibility index (Phi) is 7.27. The SMILES string of the molecule is CCCOc1cccc(CCCCC(=O)OC(C)(C)C)c1. The highest BCUT2D eigenvalue weighted by molar-refractivity contribution is 5.69. The Morgan fingerprint density at radius 1 is 1.19 bits per heavy atom. The number of aryl methyl sites for hydroxylation is 1. The van der Waals surface area contributed by atoms with E-state index in [1.54, 1.807) is 0 Å². The molecule has 0 bridgehead atoms. The number of hydrogen-bond acceptors (Lipinski definition) is 3. The van der Waals surface area contributed by atoms with E-state index in [-0.39, 0.29) is 11.6 Å². The molecule has 21 heavy (non-hydrogen) atoms. The summed E-state index contributed by atoms with van der Waals surface area (Å²) in [5, 5.41) is 0. The molecular formula is C18H28O3. The lowest BCUT2D eigenvalue weighted by Gasteiger charge is -2.19. The van der Waals surface area contributed by atoms with Gasteiger partial charge in [-0.25, -0.2) is 0 Å². The molecule has 0 fully saturated rings. The summed E-state index contributed by atoms with van der Waals surface area (Å²) in [5.41, 5.74) is 0.870. The molecule has 1 aromatic carbocycles. The van der Waals surface area contributed by atoms with E-state index in [0.29, 0.717) is 6.42 Å². The number of ether oxygens (including phenoxy) is 2. The number of benzene rings is 1. The van der Waals surface area contributed by atoms with Crippen LogP contribution in [0.5, 0.6) is 5.75 Å². The van der Waals surface area contributed by atoms with Crippen molar-refractivity contribution in [3.63, 3.8) is 0 Å². The molecule has 0 spiro atoms.